The highest BCUT2D eigenvalue weighted by Crippen LogP contribution is 2.45. The molecular formula is C17H25BrO. The van der Waals surface area contributed by atoms with E-state index in [1.165, 1.54) is 37.7 Å². The number of ether oxygens (including phenoxy) is 1. The molecule has 106 valence electrons. The lowest BCUT2D eigenvalue weighted by Gasteiger charge is -2.33. The van der Waals surface area contributed by atoms with Crippen LogP contribution in [0.1, 0.15) is 57.4 Å². The quantitative estimate of drug-likeness (QED) is 0.599. The molecule has 2 atom stereocenters. The molecule has 0 N–H and O–H groups in total. The number of para-hydroxylation sites is 1. The van der Waals surface area contributed by atoms with Crippen molar-refractivity contribution in [3.05, 3.63) is 29.8 Å². The zero-order valence-electron chi connectivity index (χ0n) is 12.1. The van der Waals surface area contributed by atoms with Crippen LogP contribution in [0.25, 0.3) is 0 Å². The van der Waals surface area contributed by atoms with Crippen LogP contribution in [0.5, 0.6) is 5.75 Å². The summed E-state index contributed by atoms with van der Waals surface area (Å²) in [6.45, 7) is 5.47. The lowest BCUT2D eigenvalue weighted by Crippen LogP contribution is -2.25. The highest BCUT2D eigenvalue weighted by molar-refractivity contribution is 9.09. The van der Waals surface area contributed by atoms with E-state index in [1.54, 1.807) is 0 Å². The summed E-state index contributed by atoms with van der Waals surface area (Å²) in [5, 5.41) is 1.11. The third kappa shape index (κ3) is 3.34. The van der Waals surface area contributed by atoms with Gasteiger partial charge in [0.05, 0.1) is 6.61 Å². The monoisotopic (exact) mass is 324 g/mol. The van der Waals surface area contributed by atoms with Gasteiger partial charge in [-0.3, -0.25) is 0 Å². The zero-order valence-corrected chi connectivity index (χ0v) is 13.7. The Morgan fingerprint density at radius 1 is 1.32 bits per heavy atom. The summed E-state index contributed by atoms with van der Waals surface area (Å²) in [7, 11) is 0. The van der Waals surface area contributed by atoms with Crippen molar-refractivity contribution in [2.24, 2.45) is 5.41 Å². The van der Waals surface area contributed by atoms with Crippen LogP contribution in [0, 0.1) is 5.41 Å². The molecular weight excluding hydrogens is 300 g/mol. The van der Waals surface area contributed by atoms with E-state index in [2.05, 4.69) is 54.0 Å². The summed E-state index contributed by atoms with van der Waals surface area (Å²) in [4.78, 5) is 0. The average molecular weight is 325 g/mol. The maximum atomic E-state index is 5.84. The molecule has 0 fully saturated rings. The maximum absolute atomic E-state index is 5.84. The first-order valence-corrected chi connectivity index (χ1v) is 8.64. The van der Waals surface area contributed by atoms with Crippen LogP contribution in [0.15, 0.2) is 24.3 Å². The second-order valence-electron chi connectivity index (χ2n) is 5.84. The van der Waals surface area contributed by atoms with Crippen LogP contribution < -0.4 is 4.74 Å². The van der Waals surface area contributed by atoms with Gasteiger partial charge in [0.15, 0.2) is 0 Å². The molecule has 1 heterocycles. The van der Waals surface area contributed by atoms with Crippen molar-refractivity contribution in [2.75, 3.05) is 11.9 Å². The van der Waals surface area contributed by atoms with Crippen LogP contribution in [0.4, 0.5) is 0 Å². The molecule has 0 aromatic heterocycles. The van der Waals surface area contributed by atoms with Crippen molar-refractivity contribution in [1.82, 2.24) is 0 Å². The highest BCUT2D eigenvalue weighted by atomic mass is 79.9. The maximum Gasteiger partial charge on any atom is 0.122 e. The Morgan fingerprint density at radius 3 is 2.79 bits per heavy atom. The Bertz CT molecular complexity index is 398. The molecule has 0 bridgehead atoms. The second-order valence-corrected chi connectivity index (χ2v) is 6.40. The van der Waals surface area contributed by atoms with Crippen molar-refractivity contribution in [2.45, 2.75) is 51.9 Å². The molecule has 2 unspecified atom stereocenters. The van der Waals surface area contributed by atoms with E-state index in [9.17, 15) is 0 Å². The van der Waals surface area contributed by atoms with Gasteiger partial charge in [-0.15, -0.1) is 0 Å². The fourth-order valence-corrected chi connectivity index (χ4v) is 4.02. The summed E-state index contributed by atoms with van der Waals surface area (Å²) in [5.41, 5.74) is 1.85. The molecule has 1 aliphatic rings. The summed E-state index contributed by atoms with van der Waals surface area (Å²) >= 11 is 3.77. The van der Waals surface area contributed by atoms with Gasteiger partial charge in [0, 0.05) is 16.8 Å². The number of hydrogen-bond acceptors (Lipinski definition) is 1. The first kappa shape index (κ1) is 14.9. The summed E-state index contributed by atoms with van der Waals surface area (Å²) in [6, 6.07) is 8.54. The Hall–Kier alpha value is -0.500. The molecule has 0 amide bonds. The van der Waals surface area contributed by atoms with Gasteiger partial charge in [-0.05, 0) is 30.7 Å². The number of benzene rings is 1. The minimum atomic E-state index is 0.432. The second kappa shape index (κ2) is 6.78. The zero-order chi connectivity index (χ0) is 13.7. The van der Waals surface area contributed by atoms with Gasteiger partial charge < -0.3 is 4.74 Å². The van der Waals surface area contributed by atoms with Gasteiger partial charge in [0.1, 0.15) is 5.75 Å². The van der Waals surface area contributed by atoms with Crippen molar-refractivity contribution in [3.8, 4) is 5.75 Å². The third-order valence-corrected chi connectivity index (χ3v) is 5.76. The minimum absolute atomic E-state index is 0.432. The molecule has 1 aromatic rings. The molecule has 0 spiro atoms. The van der Waals surface area contributed by atoms with Crippen LogP contribution in [-0.2, 0) is 0 Å². The third-order valence-electron chi connectivity index (χ3n) is 4.57. The highest BCUT2D eigenvalue weighted by Gasteiger charge is 2.34. The van der Waals surface area contributed by atoms with E-state index in [0.29, 0.717) is 11.3 Å². The molecule has 0 radical (unpaired) electrons. The number of halogens is 1. The number of unbranched alkanes of at least 4 members (excludes halogenated alkanes) is 1. The van der Waals surface area contributed by atoms with E-state index < -0.39 is 0 Å². The van der Waals surface area contributed by atoms with Crippen LogP contribution in [0.2, 0.25) is 0 Å². The van der Waals surface area contributed by atoms with E-state index in [0.717, 1.165) is 17.7 Å². The van der Waals surface area contributed by atoms with Gasteiger partial charge >= 0.3 is 0 Å². The average Bonchev–Trinajstić information content (AvgIpc) is 2.87. The summed E-state index contributed by atoms with van der Waals surface area (Å²) in [5.74, 6) is 1.67. The Balaban J connectivity index is 2.10. The van der Waals surface area contributed by atoms with E-state index in [1.807, 2.05) is 0 Å². The summed E-state index contributed by atoms with van der Waals surface area (Å²) < 4.78 is 5.84. The topological polar surface area (TPSA) is 9.23 Å². The minimum Gasteiger partial charge on any atom is -0.493 e. The van der Waals surface area contributed by atoms with Gasteiger partial charge in [0.2, 0.25) is 0 Å². The predicted molar refractivity (Wildman–Crippen MR) is 85.3 cm³/mol. The molecule has 2 rings (SSSR count). The molecule has 1 nitrogen and oxygen atoms in total. The molecule has 0 aliphatic carbocycles. The molecule has 0 saturated heterocycles. The molecule has 1 aromatic carbocycles. The van der Waals surface area contributed by atoms with E-state index in [-0.39, 0.29) is 0 Å². The lowest BCUT2D eigenvalue weighted by molar-refractivity contribution is 0.219. The molecule has 19 heavy (non-hydrogen) atoms. The van der Waals surface area contributed by atoms with Crippen LogP contribution in [0.3, 0.4) is 0 Å². The van der Waals surface area contributed by atoms with Crippen molar-refractivity contribution < 1.29 is 4.74 Å². The number of hydrogen-bond donors (Lipinski definition) is 0. The summed E-state index contributed by atoms with van der Waals surface area (Å²) in [6.07, 6.45) is 6.42. The van der Waals surface area contributed by atoms with Gasteiger partial charge in [0.25, 0.3) is 0 Å². The normalized spacial score (nSPS) is 20.7. The first-order chi connectivity index (χ1) is 9.24. The Morgan fingerprint density at radius 2 is 2.11 bits per heavy atom. The Kier molecular flexibility index (Phi) is 5.32. The van der Waals surface area contributed by atoms with Gasteiger partial charge in [-0.25, -0.2) is 0 Å². The number of fused-ring (bicyclic) bond motifs is 1. The smallest absolute Gasteiger partial charge is 0.122 e. The Labute approximate surface area is 125 Å². The van der Waals surface area contributed by atoms with Crippen LogP contribution >= 0.6 is 15.9 Å². The van der Waals surface area contributed by atoms with Crippen molar-refractivity contribution in [3.63, 3.8) is 0 Å². The predicted octanol–water partition coefficient (Wildman–Crippen LogP) is 5.53. The van der Waals surface area contributed by atoms with Crippen LogP contribution in [-0.4, -0.2) is 11.9 Å². The largest absolute Gasteiger partial charge is 0.493 e. The fourth-order valence-electron chi connectivity index (χ4n) is 3.11. The van der Waals surface area contributed by atoms with E-state index >= 15 is 0 Å². The van der Waals surface area contributed by atoms with Gasteiger partial charge in [-0.1, -0.05) is 60.8 Å². The SMILES string of the molecule is CCCCC(CC)(CBr)CC1COc2ccccc21. The standard InChI is InChI=1S/C17H25BrO/c1-3-5-10-17(4-2,13-18)11-14-12-19-16-9-7-6-8-15(14)16/h6-9,14H,3-5,10-13H2,1-2H3. The number of alkyl halides is 1. The molecule has 1 aliphatic heterocycles. The van der Waals surface area contributed by atoms with E-state index in [4.69, 9.17) is 4.74 Å². The van der Waals surface area contributed by atoms with Crippen molar-refractivity contribution in [1.29, 1.82) is 0 Å². The molecule has 2 heteroatoms. The van der Waals surface area contributed by atoms with Gasteiger partial charge in [-0.2, -0.15) is 0 Å². The fraction of sp³-hybridized carbons (Fsp3) is 0.647. The lowest BCUT2D eigenvalue weighted by atomic mass is 9.74. The number of rotatable bonds is 7. The first-order valence-electron chi connectivity index (χ1n) is 7.52. The van der Waals surface area contributed by atoms with Crippen molar-refractivity contribution >= 4 is 15.9 Å². The molecule has 0 saturated carbocycles.